The van der Waals surface area contributed by atoms with E-state index in [0.717, 1.165) is 19.3 Å². The van der Waals surface area contributed by atoms with E-state index in [4.69, 9.17) is 9.47 Å². The minimum absolute atomic E-state index is 0.123. The maximum absolute atomic E-state index is 11.7. The van der Waals surface area contributed by atoms with E-state index in [1.807, 2.05) is 20.8 Å². The third-order valence-electron chi connectivity index (χ3n) is 4.48. The third kappa shape index (κ3) is 14.9. The van der Waals surface area contributed by atoms with Crippen LogP contribution in [0.3, 0.4) is 0 Å². The molecule has 0 aliphatic heterocycles. The Morgan fingerprint density at radius 1 is 0.760 bits per heavy atom. The molecule has 25 heavy (non-hydrogen) atoms. The van der Waals surface area contributed by atoms with Crippen LogP contribution in [0.5, 0.6) is 0 Å². The van der Waals surface area contributed by atoms with E-state index in [-0.39, 0.29) is 18.4 Å². The molecule has 0 aromatic rings. The maximum atomic E-state index is 11.7. The molecule has 1 unspecified atom stereocenters. The van der Waals surface area contributed by atoms with Crippen molar-refractivity contribution in [2.24, 2.45) is 5.92 Å². The Kier molecular flexibility index (Phi) is 15.7. The highest BCUT2D eigenvalue weighted by atomic mass is 16.6. The van der Waals surface area contributed by atoms with Crippen LogP contribution in [0.1, 0.15) is 105 Å². The second-order valence-electron chi connectivity index (χ2n) is 7.26. The quantitative estimate of drug-likeness (QED) is 0.199. The Balaban J connectivity index is 3.50. The Hall–Kier alpha value is -1.06. The molecule has 0 aliphatic rings. The first kappa shape index (κ1) is 23.9. The van der Waals surface area contributed by atoms with E-state index < -0.39 is 11.9 Å². The molecule has 0 bridgehead atoms. The van der Waals surface area contributed by atoms with Crippen LogP contribution in [0.4, 0.5) is 0 Å². The number of esters is 2. The summed E-state index contributed by atoms with van der Waals surface area (Å²) in [6.07, 6.45) is 12.8. The van der Waals surface area contributed by atoms with Crippen molar-refractivity contribution in [2.75, 3.05) is 6.61 Å². The summed E-state index contributed by atoms with van der Waals surface area (Å²) in [6.45, 7) is 8.63. The molecular formula is C21H40O4. The first-order chi connectivity index (χ1) is 12.0. The van der Waals surface area contributed by atoms with Crippen molar-refractivity contribution in [1.82, 2.24) is 0 Å². The molecule has 0 heterocycles. The molecule has 4 heteroatoms. The van der Waals surface area contributed by atoms with Crippen LogP contribution < -0.4 is 0 Å². The number of ether oxygens (including phenoxy) is 2. The van der Waals surface area contributed by atoms with Crippen molar-refractivity contribution in [3.63, 3.8) is 0 Å². The molecule has 0 rings (SSSR count). The van der Waals surface area contributed by atoms with E-state index in [1.165, 1.54) is 51.4 Å². The minimum Gasteiger partial charge on any atom is -0.465 e. The SMILES string of the molecule is CCCCCCCCCCCCOC(=O)CC(=O)OC(CC)C(C)C. The van der Waals surface area contributed by atoms with Crippen LogP contribution in [0, 0.1) is 5.92 Å². The highest BCUT2D eigenvalue weighted by Gasteiger charge is 2.19. The summed E-state index contributed by atoms with van der Waals surface area (Å²) in [4.78, 5) is 23.3. The van der Waals surface area contributed by atoms with Crippen LogP contribution >= 0.6 is 0 Å². The molecular weight excluding hydrogens is 316 g/mol. The second-order valence-corrected chi connectivity index (χ2v) is 7.26. The fraction of sp³-hybridized carbons (Fsp3) is 0.905. The Morgan fingerprint density at radius 3 is 1.76 bits per heavy atom. The lowest BCUT2D eigenvalue weighted by atomic mass is 10.1. The van der Waals surface area contributed by atoms with Gasteiger partial charge in [-0.1, -0.05) is 85.5 Å². The van der Waals surface area contributed by atoms with E-state index in [1.54, 1.807) is 0 Å². The van der Waals surface area contributed by atoms with Gasteiger partial charge in [-0.05, 0) is 18.8 Å². The molecule has 0 fully saturated rings. The second kappa shape index (κ2) is 16.4. The van der Waals surface area contributed by atoms with Gasteiger partial charge in [-0.15, -0.1) is 0 Å². The first-order valence-corrected chi connectivity index (χ1v) is 10.4. The molecule has 0 radical (unpaired) electrons. The topological polar surface area (TPSA) is 52.6 Å². The van der Waals surface area contributed by atoms with Gasteiger partial charge < -0.3 is 9.47 Å². The molecule has 148 valence electrons. The Bertz CT molecular complexity index is 339. The molecule has 0 amide bonds. The van der Waals surface area contributed by atoms with Crippen molar-refractivity contribution < 1.29 is 19.1 Å². The zero-order chi connectivity index (χ0) is 18.9. The van der Waals surface area contributed by atoms with Crippen molar-refractivity contribution in [2.45, 2.75) is 111 Å². The predicted molar refractivity (Wildman–Crippen MR) is 102 cm³/mol. The third-order valence-corrected chi connectivity index (χ3v) is 4.48. The molecule has 4 nitrogen and oxygen atoms in total. The van der Waals surface area contributed by atoms with Crippen LogP contribution in [-0.2, 0) is 19.1 Å². The Morgan fingerprint density at radius 2 is 1.28 bits per heavy atom. The van der Waals surface area contributed by atoms with Gasteiger partial charge in [0.15, 0.2) is 0 Å². The smallest absolute Gasteiger partial charge is 0.317 e. The fourth-order valence-electron chi connectivity index (χ4n) is 2.85. The van der Waals surface area contributed by atoms with E-state index in [9.17, 15) is 9.59 Å². The summed E-state index contributed by atoms with van der Waals surface area (Å²) in [5.74, 6) is -0.690. The number of unbranched alkanes of at least 4 members (excludes halogenated alkanes) is 9. The number of carbonyl (C=O) groups is 2. The highest BCUT2D eigenvalue weighted by Crippen LogP contribution is 2.12. The molecule has 0 aliphatic carbocycles. The van der Waals surface area contributed by atoms with Crippen LogP contribution in [0.15, 0.2) is 0 Å². The van der Waals surface area contributed by atoms with Gasteiger partial charge in [0.1, 0.15) is 12.5 Å². The van der Waals surface area contributed by atoms with Gasteiger partial charge in [-0.25, -0.2) is 0 Å². The van der Waals surface area contributed by atoms with Crippen LogP contribution in [-0.4, -0.2) is 24.6 Å². The predicted octanol–water partition coefficient (Wildman–Crippen LogP) is 5.82. The zero-order valence-electron chi connectivity index (χ0n) is 17.0. The van der Waals surface area contributed by atoms with Crippen molar-refractivity contribution >= 4 is 11.9 Å². The minimum atomic E-state index is -0.478. The van der Waals surface area contributed by atoms with Gasteiger partial charge in [0.2, 0.25) is 0 Å². The van der Waals surface area contributed by atoms with Gasteiger partial charge in [0.05, 0.1) is 6.61 Å². The summed E-state index contributed by atoms with van der Waals surface area (Å²) in [5, 5.41) is 0. The van der Waals surface area contributed by atoms with Gasteiger partial charge in [0, 0.05) is 0 Å². The first-order valence-electron chi connectivity index (χ1n) is 10.4. The van der Waals surface area contributed by atoms with Crippen LogP contribution in [0.2, 0.25) is 0 Å². The summed E-state index contributed by atoms with van der Waals surface area (Å²) >= 11 is 0. The molecule has 0 aromatic carbocycles. The maximum Gasteiger partial charge on any atom is 0.317 e. The summed E-state index contributed by atoms with van der Waals surface area (Å²) < 4.78 is 10.4. The normalized spacial score (nSPS) is 12.2. The van der Waals surface area contributed by atoms with E-state index >= 15 is 0 Å². The lowest BCUT2D eigenvalue weighted by Crippen LogP contribution is -2.24. The summed E-state index contributed by atoms with van der Waals surface area (Å²) in [6, 6.07) is 0. The zero-order valence-corrected chi connectivity index (χ0v) is 17.0. The highest BCUT2D eigenvalue weighted by molar-refractivity contribution is 5.91. The average molecular weight is 357 g/mol. The lowest BCUT2D eigenvalue weighted by molar-refractivity contribution is -0.159. The number of carbonyl (C=O) groups excluding carboxylic acids is 2. The van der Waals surface area contributed by atoms with Crippen molar-refractivity contribution in [1.29, 1.82) is 0 Å². The van der Waals surface area contributed by atoms with E-state index in [2.05, 4.69) is 6.92 Å². The van der Waals surface area contributed by atoms with Gasteiger partial charge >= 0.3 is 11.9 Å². The van der Waals surface area contributed by atoms with E-state index in [0.29, 0.717) is 6.61 Å². The van der Waals surface area contributed by atoms with Crippen molar-refractivity contribution in [3.8, 4) is 0 Å². The molecule has 0 saturated carbocycles. The molecule has 0 spiro atoms. The molecule has 0 N–H and O–H groups in total. The number of hydrogen-bond acceptors (Lipinski definition) is 4. The molecule has 1 atom stereocenters. The monoisotopic (exact) mass is 356 g/mol. The average Bonchev–Trinajstić information content (AvgIpc) is 2.57. The number of rotatable bonds is 16. The van der Waals surface area contributed by atoms with Gasteiger partial charge in [-0.3, -0.25) is 9.59 Å². The van der Waals surface area contributed by atoms with Crippen LogP contribution in [0.25, 0.3) is 0 Å². The van der Waals surface area contributed by atoms with Gasteiger partial charge in [-0.2, -0.15) is 0 Å². The Labute approximate surface area is 155 Å². The van der Waals surface area contributed by atoms with Gasteiger partial charge in [0.25, 0.3) is 0 Å². The molecule has 0 saturated heterocycles. The number of hydrogen-bond donors (Lipinski definition) is 0. The molecule has 0 aromatic heterocycles. The lowest BCUT2D eigenvalue weighted by Gasteiger charge is -2.19. The standard InChI is InChI=1S/C21H40O4/c1-5-7-8-9-10-11-12-13-14-15-16-24-20(22)17-21(23)25-19(6-2)18(3)4/h18-19H,5-17H2,1-4H3. The summed E-state index contributed by atoms with van der Waals surface area (Å²) in [7, 11) is 0. The van der Waals surface area contributed by atoms with Crippen molar-refractivity contribution in [3.05, 3.63) is 0 Å². The summed E-state index contributed by atoms with van der Waals surface area (Å²) in [5.41, 5.74) is 0. The largest absolute Gasteiger partial charge is 0.465 e. The fourth-order valence-corrected chi connectivity index (χ4v) is 2.85.